The van der Waals surface area contributed by atoms with Crippen LogP contribution in [0.3, 0.4) is 0 Å². The van der Waals surface area contributed by atoms with Crippen LogP contribution in [-0.4, -0.2) is 5.78 Å². The standard InChI is InChI=1S/C20H16F3N3O.ClH/c21-20(22,23)14-2-1-3-15(10-14)26-16-8-9-17(27)18(16)19(25)13-6-4-12(11-24)5-7-13;/h1-7,10,19,26H,8-9,25H2;1H. The summed E-state index contributed by atoms with van der Waals surface area (Å²) in [5.74, 6) is -0.138. The number of carbonyl (C=O) groups excluding carboxylic acids is 1. The average Bonchev–Trinajstić information content (AvgIpc) is 3.01. The minimum Gasteiger partial charge on any atom is -0.358 e. The third-order valence-electron chi connectivity index (χ3n) is 4.42. The number of nitrogens with two attached hydrogens (primary N) is 1. The van der Waals surface area contributed by atoms with E-state index in [9.17, 15) is 18.0 Å². The lowest BCUT2D eigenvalue weighted by molar-refractivity contribution is -0.137. The largest absolute Gasteiger partial charge is 0.416 e. The van der Waals surface area contributed by atoms with E-state index in [4.69, 9.17) is 11.0 Å². The minimum atomic E-state index is -4.45. The topological polar surface area (TPSA) is 78.9 Å². The molecule has 3 rings (SSSR count). The lowest BCUT2D eigenvalue weighted by Crippen LogP contribution is -2.19. The fraction of sp³-hybridized carbons (Fsp3) is 0.200. The van der Waals surface area contributed by atoms with Crippen molar-refractivity contribution in [2.45, 2.75) is 25.1 Å². The lowest BCUT2D eigenvalue weighted by atomic mass is 9.96. The number of nitrogens with zero attached hydrogens (tertiary/aromatic N) is 1. The van der Waals surface area contributed by atoms with Crippen molar-refractivity contribution < 1.29 is 18.0 Å². The molecule has 28 heavy (non-hydrogen) atoms. The summed E-state index contributed by atoms with van der Waals surface area (Å²) in [6, 6.07) is 12.6. The molecule has 0 bridgehead atoms. The molecule has 0 aliphatic heterocycles. The number of hydrogen-bond donors (Lipinski definition) is 2. The second-order valence-corrected chi connectivity index (χ2v) is 6.23. The van der Waals surface area contributed by atoms with Crippen LogP contribution in [0.1, 0.15) is 35.6 Å². The van der Waals surface area contributed by atoms with Crippen LogP contribution in [0.2, 0.25) is 0 Å². The van der Waals surface area contributed by atoms with Crippen LogP contribution in [-0.2, 0) is 11.0 Å². The SMILES string of the molecule is Cl.N#Cc1ccc(C(N)C2=C(Nc3cccc(C(F)(F)F)c3)CCC2=O)cc1. The van der Waals surface area contributed by atoms with Gasteiger partial charge in [-0.05, 0) is 42.3 Å². The van der Waals surface area contributed by atoms with Crippen LogP contribution >= 0.6 is 12.4 Å². The maximum absolute atomic E-state index is 12.9. The number of carbonyl (C=O) groups is 1. The number of benzene rings is 2. The van der Waals surface area contributed by atoms with Crippen molar-refractivity contribution >= 4 is 23.9 Å². The highest BCUT2D eigenvalue weighted by atomic mass is 35.5. The van der Waals surface area contributed by atoms with E-state index in [1.807, 2.05) is 6.07 Å². The molecule has 0 spiro atoms. The second-order valence-electron chi connectivity index (χ2n) is 6.23. The monoisotopic (exact) mass is 407 g/mol. The van der Waals surface area contributed by atoms with Gasteiger partial charge in [-0.25, -0.2) is 0 Å². The van der Waals surface area contributed by atoms with Crippen LogP contribution in [0, 0.1) is 11.3 Å². The van der Waals surface area contributed by atoms with Crippen molar-refractivity contribution in [2.24, 2.45) is 5.73 Å². The maximum atomic E-state index is 12.9. The maximum Gasteiger partial charge on any atom is 0.416 e. The quantitative estimate of drug-likeness (QED) is 0.768. The van der Waals surface area contributed by atoms with Crippen LogP contribution < -0.4 is 11.1 Å². The zero-order valence-electron chi connectivity index (χ0n) is 14.6. The van der Waals surface area contributed by atoms with Gasteiger partial charge in [0.2, 0.25) is 0 Å². The Kier molecular flexibility index (Phi) is 6.49. The molecule has 0 saturated heterocycles. The number of rotatable bonds is 4. The number of Topliss-reactive ketones (excluding diaryl/α,β-unsaturated/α-hetero) is 1. The molecule has 0 saturated carbocycles. The molecular weight excluding hydrogens is 391 g/mol. The van der Waals surface area contributed by atoms with Crippen molar-refractivity contribution in [3.63, 3.8) is 0 Å². The Morgan fingerprint density at radius 2 is 1.79 bits per heavy atom. The van der Waals surface area contributed by atoms with Gasteiger partial charge in [0.15, 0.2) is 5.78 Å². The smallest absolute Gasteiger partial charge is 0.358 e. The number of allylic oxidation sites excluding steroid dienone is 1. The van der Waals surface area contributed by atoms with Gasteiger partial charge in [-0.2, -0.15) is 18.4 Å². The van der Waals surface area contributed by atoms with Crippen LogP contribution in [0.15, 0.2) is 59.8 Å². The zero-order chi connectivity index (χ0) is 19.6. The third-order valence-corrected chi connectivity index (χ3v) is 4.42. The summed E-state index contributed by atoms with van der Waals surface area (Å²) in [5, 5.41) is 11.8. The molecule has 8 heteroatoms. The van der Waals surface area contributed by atoms with E-state index in [1.165, 1.54) is 12.1 Å². The fourth-order valence-electron chi connectivity index (χ4n) is 3.05. The summed E-state index contributed by atoms with van der Waals surface area (Å²) in [7, 11) is 0. The molecule has 2 aromatic carbocycles. The first-order valence-corrected chi connectivity index (χ1v) is 8.26. The summed E-state index contributed by atoms with van der Waals surface area (Å²) < 4.78 is 38.7. The van der Waals surface area contributed by atoms with E-state index in [0.29, 0.717) is 28.8 Å². The van der Waals surface area contributed by atoms with Gasteiger partial charge in [0.05, 0.1) is 23.2 Å². The number of nitrogens with one attached hydrogen (secondary N) is 1. The molecule has 0 fully saturated rings. The number of halogens is 4. The first-order chi connectivity index (χ1) is 12.8. The second kappa shape index (κ2) is 8.46. The van der Waals surface area contributed by atoms with E-state index < -0.39 is 17.8 Å². The van der Waals surface area contributed by atoms with E-state index in [1.54, 1.807) is 24.3 Å². The minimum absolute atomic E-state index is 0. The molecule has 3 N–H and O–H groups in total. The number of nitriles is 1. The van der Waals surface area contributed by atoms with Gasteiger partial charge in [0, 0.05) is 23.4 Å². The molecule has 2 aromatic rings. The first-order valence-electron chi connectivity index (χ1n) is 8.26. The molecule has 0 amide bonds. The Hall–Kier alpha value is -2.82. The first kappa shape index (κ1) is 21.5. The van der Waals surface area contributed by atoms with E-state index in [0.717, 1.165) is 12.1 Å². The fourth-order valence-corrected chi connectivity index (χ4v) is 3.05. The predicted octanol–water partition coefficient (Wildman–Crippen LogP) is 4.73. The molecule has 146 valence electrons. The average molecular weight is 408 g/mol. The summed E-state index contributed by atoms with van der Waals surface area (Å²) in [6.07, 6.45) is -3.81. The lowest BCUT2D eigenvalue weighted by Gasteiger charge is -2.17. The third kappa shape index (κ3) is 4.53. The van der Waals surface area contributed by atoms with Crippen molar-refractivity contribution in [3.8, 4) is 6.07 Å². The Morgan fingerprint density at radius 3 is 2.39 bits per heavy atom. The van der Waals surface area contributed by atoms with E-state index in [-0.39, 0.29) is 30.3 Å². The van der Waals surface area contributed by atoms with Crippen molar-refractivity contribution in [1.82, 2.24) is 0 Å². The molecule has 1 atom stereocenters. The number of ketones is 1. The number of alkyl halides is 3. The van der Waals surface area contributed by atoms with Gasteiger partial charge >= 0.3 is 6.18 Å². The Balaban J connectivity index is 0.00000280. The van der Waals surface area contributed by atoms with Gasteiger partial charge in [0.1, 0.15) is 0 Å². The van der Waals surface area contributed by atoms with Crippen LogP contribution in [0.5, 0.6) is 0 Å². The molecule has 1 unspecified atom stereocenters. The number of hydrogen-bond acceptors (Lipinski definition) is 4. The Morgan fingerprint density at radius 1 is 1.11 bits per heavy atom. The molecule has 1 aliphatic rings. The van der Waals surface area contributed by atoms with Crippen molar-refractivity contribution in [3.05, 3.63) is 76.5 Å². The summed E-state index contributed by atoms with van der Waals surface area (Å²) >= 11 is 0. The Bertz CT molecular complexity index is 946. The van der Waals surface area contributed by atoms with Gasteiger partial charge < -0.3 is 11.1 Å². The molecule has 1 aliphatic carbocycles. The van der Waals surface area contributed by atoms with Crippen LogP contribution in [0.4, 0.5) is 18.9 Å². The van der Waals surface area contributed by atoms with Crippen molar-refractivity contribution in [2.75, 3.05) is 5.32 Å². The van der Waals surface area contributed by atoms with E-state index >= 15 is 0 Å². The molecule has 0 radical (unpaired) electrons. The molecule has 0 heterocycles. The summed E-state index contributed by atoms with van der Waals surface area (Å²) in [5.41, 5.74) is 7.73. The zero-order valence-corrected chi connectivity index (χ0v) is 15.4. The predicted molar refractivity (Wildman–Crippen MR) is 102 cm³/mol. The van der Waals surface area contributed by atoms with Gasteiger partial charge in [0.25, 0.3) is 0 Å². The highest BCUT2D eigenvalue weighted by molar-refractivity contribution is 6.00. The van der Waals surface area contributed by atoms with Gasteiger partial charge in [-0.15, -0.1) is 12.4 Å². The van der Waals surface area contributed by atoms with Crippen molar-refractivity contribution in [1.29, 1.82) is 5.26 Å². The highest BCUT2D eigenvalue weighted by Gasteiger charge is 2.31. The Labute approximate surface area is 166 Å². The summed E-state index contributed by atoms with van der Waals surface area (Å²) in [6.45, 7) is 0. The van der Waals surface area contributed by atoms with Gasteiger partial charge in [-0.1, -0.05) is 18.2 Å². The summed E-state index contributed by atoms with van der Waals surface area (Å²) in [4.78, 5) is 12.3. The van der Waals surface area contributed by atoms with E-state index in [2.05, 4.69) is 5.32 Å². The molecule has 0 aromatic heterocycles. The number of anilines is 1. The van der Waals surface area contributed by atoms with Crippen LogP contribution in [0.25, 0.3) is 0 Å². The normalized spacial score (nSPS) is 15.0. The van der Waals surface area contributed by atoms with Gasteiger partial charge in [-0.3, -0.25) is 4.79 Å². The highest BCUT2D eigenvalue weighted by Crippen LogP contribution is 2.34. The molecular formula is C20H17ClF3N3O. The molecule has 4 nitrogen and oxygen atoms in total.